The van der Waals surface area contributed by atoms with E-state index >= 15 is 0 Å². The molecule has 4 heteroatoms. The summed E-state index contributed by atoms with van der Waals surface area (Å²) in [5.74, 6) is 3.04. The summed E-state index contributed by atoms with van der Waals surface area (Å²) >= 11 is 0. The number of phenolic OH excluding ortho intramolecular Hbond substituents is 1. The smallest absolute Gasteiger partial charge is 0.129 e. The Labute approximate surface area is 148 Å². The number of hydrogen-bond donors (Lipinski definition) is 1. The van der Waals surface area contributed by atoms with Crippen molar-refractivity contribution < 1.29 is 19.3 Å². The highest BCUT2D eigenvalue weighted by atomic mass is 16.5. The van der Waals surface area contributed by atoms with E-state index in [0.29, 0.717) is 12.4 Å². The molecule has 0 bridgehead atoms. The van der Waals surface area contributed by atoms with Crippen molar-refractivity contribution in [3.63, 3.8) is 0 Å². The lowest BCUT2D eigenvalue weighted by Gasteiger charge is -2.35. The van der Waals surface area contributed by atoms with E-state index in [1.54, 1.807) is 19.2 Å². The van der Waals surface area contributed by atoms with Gasteiger partial charge in [0.2, 0.25) is 0 Å². The standard InChI is InChI=1S/C21H24O4/c1-21(2)7-6-18-19(25-21)5-4-13-8-15(12-24-20(13)18)14-9-16(22)11-17(10-14)23-3/h4-5,9-11,15,22H,6-8,12H2,1-3H3. The molecule has 0 amide bonds. The van der Waals surface area contributed by atoms with Crippen molar-refractivity contribution in [2.75, 3.05) is 13.7 Å². The van der Waals surface area contributed by atoms with Crippen molar-refractivity contribution in [1.29, 1.82) is 0 Å². The van der Waals surface area contributed by atoms with Crippen molar-refractivity contribution in [2.24, 2.45) is 0 Å². The third kappa shape index (κ3) is 3.01. The second kappa shape index (κ2) is 5.87. The SMILES string of the molecule is COc1cc(O)cc(C2COc3c(ccc4c3CCC(C)(C)O4)C2)c1. The maximum atomic E-state index is 9.92. The molecule has 25 heavy (non-hydrogen) atoms. The minimum Gasteiger partial charge on any atom is -0.508 e. The van der Waals surface area contributed by atoms with E-state index < -0.39 is 0 Å². The van der Waals surface area contributed by atoms with Crippen LogP contribution in [-0.4, -0.2) is 24.4 Å². The first-order valence-corrected chi connectivity index (χ1v) is 8.80. The maximum Gasteiger partial charge on any atom is 0.129 e. The van der Waals surface area contributed by atoms with Crippen LogP contribution in [0.15, 0.2) is 30.3 Å². The van der Waals surface area contributed by atoms with Crippen molar-refractivity contribution >= 4 is 0 Å². The molecule has 0 spiro atoms. The van der Waals surface area contributed by atoms with E-state index in [-0.39, 0.29) is 17.3 Å². The molecule has 0 fully saturated rings. The Morgan fingerprint density at radius 2 is 2.04 bits per heavy atom. The summed E-state index contributed by atoms with van der Waals surface area (Å²) < 4.78 is 17.6. The predicted octanol–water partition coefficient (Wildman–Crippen LogP) is 4.22. The van der Waals surface area contributed by atoms with Crippen molar-refractivity contribution in [2.45, 2.75) is 44.6 Å². The second-order valence-corrected chi connectivity index (χ2v) is 7.57. The molecule has 2 aromatic carbocycles. The molecule has 0 saturated carbocycles. The van der Waals surface area contributed by atoms with Crippen molar-refractivity contribution in [3.05, 3.63) is 47.0 Å². The van der Waals surface area contributed by atoms with Gasteiger partial charge in [-0.1, -0.05) is 6.07 Å². The maximum absolute atomic E-state index is 9.92. The third-order valence-corrected chi connectivity index (χ3v) is 5.18. The van der Waals surface area contributed by atoms with Gasteiger partial charge >= 0.3 is 0 Å². The topological polar surface area (TPSA) is 47.9 Å². The van der Waals surface area contributed by atoms with Crippen LogP contribution < -0.4 is 14.2 Å². The Balaban J connectivity index is 1.64. The summed E-state index contributed by atoms with van der Waals surface area (Å²) in [5.41, 5.74) is 3.33. The minimum atomic E-state index is -0.115. The zero-order valence-corrected chi connectivity index (χ0v) is 15.0. The Morgan fingerprint density at radius 3 is 2.84 bits per heavy atom. The van der Waals surface area contributed by atoms with Crippen molar-refractivity contribution in [3.8, 4) is 23.0 Å². The van der Waals surface area contributed by atoms with Gasteiger partial charge in [0.25, 0.3) is 0 Å². The quantitative estimate of drug-likeness (QED) is 0.889. The van der Waals surface area contributed by atoms with E-state index in [4.69, 9.17) is 14.2 Å². The monoisotopic (exact) mass is 340 g/mol. The highest BCUT2D eigenvalue weighted by molar-refractivity contribution is 5.53. The summed E-state index contributed by atoms with van der Waals surface area (Å²) in [6.07, 6.45) is 2.86. The van der Waals surface area contributed by atoms with Gasteiger partial charge in [0.1, 0.15) is 28.6 Å². The number of hydrogen-bond acceptors (Lipinski definition) is 4. The van der Waals surface area contributed by atoms with Gasteiger partial charge in [0.15, 0.2) is 0 Å². The van der Waals surface area contributed by atoms with Crippen molar-refractivity contribution in [1.82, 2.24) is 0 Å². The molecule has 1 unspecified atom stereocenters. The lowest BCUT2D eigenvalue weighted by atomic mass is 9.86. The highest BCUT2D eigenvalue weighted by Gasteiger charge is 2.32. The number of ether oxygens (including phenoxy) is 3. The summed E-state index contributed by atoms with van der Waals surface area (Å²) in [7, 11) is 1.61. The minimum absolute atomic E-state index is 0.115. The van der Waals surface area contributed by atoms with Crippen LogP contribution in [0, 0.1) is 0 Å². The second-order valence-electron chi connectivity index (χ2n) is 7.57. The molecular formula is C21H24O4. The van der Waals surface area contributed by atoms with E-state index in [9.17, 15) is 5.11 Å². The molecule has 0 radical (unpaired) electrons. The molecule has 2 aromatic rings. The average Bonchev–Trinajstić information content (AvgIpc) is 2.59. The number of aromatic hydroxyl groups is 1. The number of benzene rings is 2. The highest BCUT2D eigenvalue weighted by Crippen LogP contribution is 2.44. The Kier molecular flexibility index (Phi) is 3.78. The van der Waals surface area contributed by atoms with Crippen LogP contribution in [0.25, 0.3) is 0 Å². The predicted molar refractivity (Wildman–Crippen MR) is 96.1 cm³/mol. The molecule has 4 nitrogen and oxygen atoms in total. The Bertz CT molecular complexity index is 810. The van der Waals surface area contributed by atoms with Crippen LogP contribution in [0.4, 0.5) is 0 Å². The number of methoxy groups -OCH3 is 1. The summed E-state index contributed by atoms with van der Waals surface area (Å²) in [6.45, 7) is 4.85. The summed E-state index contributed by atoms with van der Waals surface area (Å²) in [5, 5.41) is 9.92. The van der Waals surface area contributed by atoms with E-state index in [2.05, 4.69) is 26.0 Å². The third-order valence-electron chi connectivity index (χ3n) is 5.18. The van der Waals surface area contributed by atoms with Gasteiger partial charge in [0.05, 0.1) is 13.7 Å². The van der Waals surface area contributed by atoms with Gasteiger partial charge in [-0.2, -0.15) is 0 Å². The van der Waals surface area contributed by atoms with Gasteiger partial charge in [-0.05, 0) is 62.4 Å². The van der Waals surface area contributed by atoms with Crippen LogP contribution in [0.3, 0.4) is 0 Å². The molecule has 4 rings (SSSR count). The molecule has 2 aliphatic heterocycles. The van der Waals surface area contributed by atoms with Gasteiger partial charge < -0.3 is 19.3 Å². The van der Waals surface area contributed by atoms with Gasteiger partial charge in [-0.3, -0.25) is 0 Å². The number of phenols is 1. The molecule has 132 valence electrons. The molecule has 0 saturated heterocycles. The van der Waals surface area contributed by atoms with Crippen LogP contribution >= 0.6 is 0 Å². The number of rotatable bonds is 2. The van der Waals surface area contributed by atoms with Gasteiger partial charge in [-0.15, -0.1) is 0 Å². The summed E-state index contributed by atoms with van der Waals surface area (Å²) in [4.78, 5) is 0. The van der Waals surface area contributed by atoms with Crippen LogP contribution in [-0.2, 0) is 12.8 Å². The molecule has 0 aromatic heterocycles. The molecule has 1 atom stereocenters. The normalized spacial score (nSPS) is 20.7. The van der Waals surface area contributed by atoms with E-state index in [1.807, 2.05) is 6.07 Å². The number of fused-ring (bicyclic) bond motifs is 3. The van der Waals surface area contributed by atoms with Crippen LogP contribution in [0.5, 0.6) is 23.0 Å². The lowest BCUT2D eigenvalue weighted by molar-refractivity contribution is 0.0827. The fraction of sp³-hybridized carbons (Fsp3) is 0.429. The largest absolute Gasteiger partial charge is 0.508 e. The van der Waals surface area contributed by atoms with Crippen LogP contribution in [0.2, 0.25) is 0 Å². The Morgan fingerprint density at radius 1 is 1.20 bits per heavy atom. The fourth-order valence-electron chi connectivity index (χ4n) is 3.79. The first-order chi connectivity index (χ1) is 11.9. The first-order valence-electron chi connectivity index (χ1n) is 8.80. The zero-order chi connectivity index (χ0) is 17.6. The first kappa shape index (κ1) is 16.1. The van der Waals surface area contributed by atoms with Gasteiger partial charge in [0, 0.05) is 17.5 Å². The summed E-state index contributed by atoms with van der Waals surface area (Å²) in [6, 6.07) is 9.58. The van der Waals surface area contributed by atoms with Gasteiger partial charge in [-0.25, -0.2) is 0 Å². The molecule has 2 aliphatic rings. The molecule has 0 aliphatic carbocycles. The van der Waals surface area contributed by atoms with E-state index in [0.717, 1.165) is 36.3 Å². The molecular weight excluding hydrogens is 316 g/mol. The van der Waals surface area contributed by atoms with E-state index in [1.165, 1.54) is 11.1 Å². The average molecular weight is 340 g/mol. The fourth-order valence-corrected chi connectivity index (χ4v) is 3.79. The molecule has 2 heterocycles. The molecule has 1 N–H and O–H groups in total. The zero-order valence-electron chi connectivity index (χ0n) is 15.0. The van der Waals surface area contributed by atoms with Crippen LogP contribution in [0.1, 0.15) is 42.9 Å². The Hall–Kier alpha value is -2.36. The lowest BCUT2D eigenvalue weighted by Crippen LogP contribution is -2.33.